The zero-order valence-corrected chi connectivity index (χ0v) is 12.5. The SMILES string of the molecule is COCCOCCNS(=O)(=O)c1ccc(C#N)c(Cl)c1. The predicted octanol–water partition coefficient (Wildman–Crippen LogP) is 1.15. The monoisotopic (exact) mass is 318 g/mol. The smallest absolute Gasteiger partial charge is 0.240 e. The third-order valence-electron chi connectivity index (χ3n) is 2.34. The Morgan fingerprint density at radius 1 is 1.35 bits per heavy atom. The van der Waals surface area contributed by atoms with E-state index in [1.54, 1.807) is 7.11 Å². The highest BCUT2D eigenvalue weighted by Gasteiger charge is 2.15. The minimum Gasteiger partial charge on any atom is -0.382 e. The van der Waals surface area contributed by atoms with Crippen molar-refractivity contribution < 1.29 is 17.9 Å². The number of sulfonamides is 1. The lowest BCUT2D eigenvalue weighted by atomic mass is 10.2. The molecule has 0 atom stereocenters. The molecule has 20 heavy (non-hydrogen) atoms. The normalized spacial score (nSPS) is 11.2. The standard InChI is InChI=1S/C12H15ClN2O4S/c1-18-6-7-19-5-4-15-20(16,17)11-3-2-10(9-14)12(13)8-11/h2-3,8,15H,4-7H2,1H3. The zero-order valence-electron chi connectivity index (χ0n) is 10.9. The second-order valence-corrected chi connectivity index (χ2v) is 5.93. The van der Waals surface area contributed by atoms with Crippen molar-refractivity contribution in [3.05, 3.63) is 28.8 Å². The van der Waals surface area contributed by atoms with Crippen LogP contribution >= 0.6 is 11.6 Å². The Kier molecular flexibility index (Phi) is 6.91. The first-order valence-corrected chi connectivity index (χ1v) is 7.63. The van der Waals surface area contributed by atoms with Gasteiger partial charge in [0.05, 0.1) is 35.3 Å². The quantitative estimate of drug-likeness (QED) is 0.726. The van der Waals surface area contributed by atoms with Crippen molar-refractivity contribution >= 4 is 21.6 Å². The molecule has 0 spiro atoms. The molecular formula is C12H15ClN2O4S. The average molecular weight is 319 g/mol. The van der Waals surface area contributed by atoms with Gasteiger partial charge in [0.25, 0.3) is 0 Å². The molecule has 1 N–H and O–H groups in total. The fourth-order valence-electron chi connectivity index (χ4n) is 1.33. The van der Waals surface area contributed by atoms with Crippen LogP contribution in [0.1, 0.15) is 5.56 Å². The van der Waals surface area contributed by atoms with E-state index in [1.165, 1.54) is 18.2 Å². The molecular weight excluding hydrogens is 304 g/mol. The second-order valence-electron chi connectivity index (χ2n) is 3.76. The molecule has 0 saturated carbocycles. The molecule has 1 aromatic carbocycles. The van der Waals surface area contributed by atoms with E-state index in [4.69, 9.17) is 26.3 Å². The van der Waals surface area contributed by atoms with E-state index in [2.05, 4.69) is 4.72 Å². The van der Waals surface area contributed by atoms with Gasteiger partial charge in [0.15, 0.2) is 0 Å². The number of rotatable bonds is 8. The minimum absolute atomic E-state index is 0.0124. The van der Waals surface area contributed by atoms with Crippen molar-refractivity contribution in [2.75, 3.05) is 33.5 Å². The summed E-state index contributed by atoms with van der Waals surface area (Å²) in [6, 6.07) is 5.81. The van der Waals surface area contributed by atoms with Crippen molar-refractivity contribution in [1.29, 1.82) is 5.26 Å². The molecule has 0 aliphatic carbocycles. The van der Waals surface area contributed by atoms with Crippen LogP contribution in [-0.4, -0.2) is 41.9 Å². The first-order valence-electron chi connectivity index (χ1n) is 5.77. The van der Waals surface area contributed by atoms with Gasteiger partial charge in [-0.1, -0.05) is 11.6 Å². The molecule has 0 radical (unpaired) electrons. The number of hydrogen-bond donors (Lipinski definition) is 1. The van der Waals surface area contributed by atoms with Gasteiger partial charge >= 0.3 is 0 Å². The molecule has 6 nitrogen and oxygen atoms in total. The summed E-state index contributed by atoms with van der Waals surface area (Å²) in [5.41, 5.74) is 0.230. The van der Waals surface area contributed by atoms with E-state index in [1.807, 2.05) is 6.07 Å². The number of nitriles is 1. The highest BCUT2D eigenvalue weighted by molar-refractivity contribution is 7.89. The van der Waals surface area contributed by atoms with E-state index < -0.39 is 10.0 Å². The van der Waals surface area contributed by atoms with Crippen LogP contribution in [0.5, 0.6) is 0 Å². The molecule has 0 heterocycles. The maximum absolute atomic E-state index is 11.9. The van der Waals surface area contributed by atoms with Crippen molar-refractivity contribution in [2.24, 2.45) is 0 Å². The Labute approximate surface area is 123 Å². The first-order chi connectivity index (χ1) is 9.51. The number of hydrogen-bond acceptors (Lipinski definition) is 5. The molecule has 0 aromatic heterocycles. The largest absolute Gasteiger partial charge is 0.382 e. The van der Waals surface area contributed by atoms with Crippen LogP contribution < -0.4 is 4.72 Å². The van der Waals surface area contributed by atoms with Gasteiger partial charge in [0.1, 0.15) is 6.07 Å². The molecule has 0 aliphatic rings. The van der Waals surface area contributed by atoms with Crippen molar-refractivity contribution in [3.63, 3.8) is 0 Å². The van der Waals surface area contributed by atoms with Crippen LogP contribution in [0.15, 0.2) is 23.1 Å². The van der Waals surface area contributed by atoms with Crippen LogP contribution in [0.2, 0.25) is 5.02 Å². The minimum atomic E-state index is -3.66. The lowest BCUT2D eigenvalue weighted by Gasteiger charge is -2.08. The van der Waals surface area contributed by atoms with E-state index >= 15 is 0 Å². The van der Waals surface area contributed by atoms with E-state index in [-0.39, 0.29) is 28.6 Å². The molecule has 0 amide bonds. The number of benzene rings is 1. The van der Waals surface area contributed by atoms with Crippen LogP contribution in [0.3, 0.4) is 0 Å². The van der Waals surface area contributed by atoms with E-state index in [0.29, 0.717) is 13.2 Å². The topological polar surface area (TPSA) is 88.4 Å². The second kappa shape index (κ2) is 8.19. The summed E-state index contributed by atoms with van der Waals surface area (Å²) in [5.74, 6) is 0. The summed E-state index contributed by atoms with van der Waals surface area (Å²) in [5, 5.41) is 8.83. The maximum Gasteiger partial charge on any atom is 0.240 e. The van der Waals surface area contributed by atoms with Crippen LogP contribution in [0, 0.1) is 11.3 Å². The first kappa shape index (κ1) is 16.9. The van der Waals surface area contributed by atoms with E-state index in [0.717, 1.165) is 0 Å². The van der Waals surface area contributed by atoms with Crippen LogP contribution in [-0.2, 0) is 19.5 Å². The Bertz CT molecular complexity index is 584. The Morgan fingerprint density at radius 3 is 2.70 bits per heavy atom. The lowest BCUT2D eigenvalue weighted by molar-refractivity contribution is 0.0736. The van der Waals surface area contributed by atoms with Gasteiger partial charge in [-0.3, -0.25) is 0 Å². The summed E-state index contributed by atoms with van der Waals surface area (Å²) in [6.07, 6.45) is 0. The highest BCUT2D eigenvalue weighted by Crippen LogP contribution is 2.19. The van der Waals surface area contributed by atoms with E-state index in [9.17, 15) is 8.42 Å². The molecule has 0 bridgehead atoms. The highest BCUT2D eigenvalue weighted by atomic mass is 35.5. The summed E-state index contributed by atoms with van der Waals surface area (Å²) < 4.78 is 36.2. The van der Waals surface area contributed by atoms with Crippen LogP contribution in [0.4, 0.5) is 0 Å². The van der Waals surface area contributed by atoms with Gasteiger partial charge in [-0.15, -0.1) is 0 Å². The van der Waals surface area contributed by atoms with Gasteiger partial charge in [-0.05, 0) is 18.2 Å². The van der Waals surface area contributed by atoms with Crippen molar-refractivity contribution in [3.8, 4) is 6.07 Å². The van der Waals surface area contributed by atoms with Gasteiger partial charge in [-0.25, -0.2) is 13.1 Å². The number of halogens is 1. The molecule has 0 saturated heterocycles. The average Bonchev–Trinajstić information content (AvgIpc) is 2.42. The Hall–Kier alpha value is -1.17. The molecule has 0 fully saturated rings. The molecule has 1 aromatic rings. The molecule has 0 unspecified atom stereocenters. The predicted molar refractivity (Wildman–Crippen MR) is 74.1 cm³/mol. The summed E-state index contributed by atoms with van der Waals surface area (Å²) in [6.45, 7) is 1.25. The van der Waals surface area contributed by atoms with Crippen molar-refractivity contribution in [2.45, 2.75) is 4.90 Å². The fourth-order valence-corrected chi connectivity index (χ4v) is 2.66. The van der Waals surface area contributed by atoms with Gasteiger partial charge < -0.3 is 9.47 Å². The third kappa shape index (κ3) is 5.07. The van der Waals surface area contributed by atoms with Crippen molar-refractivity contribution in [1.82, 2.24) is 4.72 Å². The summed E-state index contributed by atoms with van der Waals surface area (Å²) in [7, 11) is -2.10. The van der Waals surface area contributed by atoms with Gasteiger partial charge in [-0.2, -0.15) is 5.26 Å². The zero-order chi connectivity index (χ0) is 15.0. The molecule has 0 aliphatic heterocycles. The maximum atomic E-state index is 11.9. The number of methoxy groups -OCH3 is 1. The van der Waals surface area contributed by atoms with Crippen LogP contribution in [0.25, 0.3) is 0 Å². The molecule has 110 valence electrons. The Morgan fingerprint density at radius 2 is 2.10 bits per heavy atom. The lowest BCUT2D eigenvalue weighted by Crippen LogP contribution is -2.27. The Balaban J connectivity index is 2.57. The number of ether oxygens (including phenoxy) is 2. The summed E-state index contributed by atoms with van der Waals surface area (Å²) >= 11 is 5.80. The molecule has 1 rings (SSSR count). The van der Waals surface area contributed by atoms with Gasteiger partial charge in [0, 0.05) is 13.7 Å². The van der Waals surface area contributed by atoms with Gasteiger partial charge in [0.2, 0.25) is 10.0 Å². The number of nitrogens with zero attached hydrogens (tertiary/aromatic N) is 1. The fraction of sp³-hybridized carbons (Fsp3) is 0.417. The summed E-state index contributed by atoms with van der Waals surface area (Å²) in [4.78, 5) is 0.0124. The molecule has 8 heteroatoms. The third-order valence-corrected chi connectivity index (χ3v) is 4.11. The number of nitrogens with one attached hydrogen (secondary N) is 1.